The molecular formula is C16H19BrN4O4. The number of ether oxygens (including phenoxy) is 2. The molecule has 0 aromatic carbocycles. The molecule has 0 atom stereocenters. The zero-order valence-corrected chi connectivity index (χ0v) is 16.0. The molecular weight excluding hydrogens is 392 g/mol. The van der Waals surface area contributed by atoms with Crippen LogP contribution in [0.15, 0.2) is 29.0 Å². The van der Waals surface area contributed by atoms with Crippen molar-refractivity contribution < 1.29 is 19.1 Å². The molecule has 0 aliphatic heterocycles. The summed E-state index contributed by atoms with van der Waals surface area (Å²) in [7, 11) is 0. The summed E-state index contributed by atoms with van der Waals surface area (Å²) in [5.41, 5.74) is -0.577. The maximum Gasteiger partial charge on any atom is 0.413 e. The monoisotopic (exact) mass is 410 g/mol. The maximum absolute atomic E-state index is 12.1. The average Bonchev–Trinajstić information content (AvgIpc) is 2.90. The molecule has 134 valence electrons. The van der Waals surface area contributed by atoms with Gasteiger partial charge in [0.15, 0.2) is 11.6 Å². The number of carbonyl (C=O) groups excluding carboxylic acids is 2. The quantitative estimate of drug-likeness (QED) is 0.774. The number of amides is 1. The number of aromatic nitrogens is 3. The van der Waals surface area contributed by atoms with E-state index >= 15 is 0 Å². The Hall–Kier alpha value is -2.42. The van der Waals surface area contributed by atoms with Crippen LogP contribution in [0.4, 0.5) is 10.6 Å². The molecule has 0 spiro atoms. The number of halogens is 1. The molecule has 25 heavy (non-hydrogen) atoms. The van der Waals surface area contributed by atoms with E-state index in [0.717, 1.165) is 4.47 Å². The van der Waals surface area contributed by atoms with Crippen LogP contribution in [0.25, 0.3) is 5.82 Å². The van der Waals surface area contributed by atoms with Gasteiger partial charge in [-0.15, -0.1) is 0 Å². The van der Waals surface area contributed by atoms with Crippen molar-refractivity contribution in [2.45, 2.75) is 33.3 Å². The SMILES string of the molecule is CCOC(=O)c1cnn(-c2ccc(Br)cn2)c1NC(=O)OC(C)(C)C. The van der Waals surface area contributed by atoms with Gasteiger partial charge in [0, 0.05) is 10.7 Å². The number of anilines is 1. The molecule has 8 nitrogen and oxygen atoms in total. The van der Waals surface area contributed by atoms with Crippen molar-refractivity contribution in [3.63, 3.8) is 0 Å². The van der Waals surface area contributed by atoms with Gasteiger partial charge in [-0.2, -0.15) is 9.78 Å². The lowest BCUT2D eigenvalue weighted by molar-refractivity contribution is 0.0527. The molecule has 1 N–H and O–H groups in total. The topological polar surface area (TPSA) is 95.3 Å². The average molecular weight is 411 g/mol. The molecule has 9 heteroatoms. The smallest absolute Gasteiger partial charge is 0.413 e. The molecule has 0 radical (unpaired) electrons. The summed E-state index contributed by atoms with van der Waals surface area (Å²) < 4.78 is 12.4. The second-order valence-electron chi connectivity index (χ2n) is 6.00. The minimum atomic E-state index is -0.711. The third kappa shape index (κ3) is 5.02. The predicted octanol–water partition coefficient (Wildman–Crippen LogP) is 3.55. The molecule has 0 bridgehead atoms. The summed E-state index contributed by atoms with van der Waals surface area (Å²) in [5, 5.41) is 6.69. The molecule has 0 fully saturated rings. The highest BCUT2D eigenvalue weighted by molar-refractivity contribution is 9.10. The lowest BCUT2D eigenvalue weighted by atomic mass is 10.2. The van der Waals surface area contributed by atoms with Crippen molar-refractivity contribution in [1.82, 2.24) is 14.8 Å². The first-order chi connectivity index (χ1) is 11.7. The highest BCUT2D eigenvalue weighted by Gasteiger charge is 2.24. The van der Waals surface area contributed by atoms with Gasteiger partial charge in [0.25, 0.3) is 0 Å². The Balaban J connectivity index is 2.41. The van der Waals surface area contributed by atoms with E-state index < -0.39 is 17.7 Å². The minimum absolute atomic E-state index is 0.109. The van der Waals surface area contributed by atoms with Gasteiger partial charge in [-0.1, -0.05) is 0 Å². The summed E-state index contributed by atoms with van der Waals surface area (Å²) in [6, 6.07) is 3.46. The van der Waals surface area contributed by atoms with Crippen LogP contribution in [0.3, 0.4) is 0 Å². The van der Waals surface area contributed by atoms with E-state index in [4.69, 9.17) is 9.47 Å². The Kier molecular flexibility index (Phi) is 5.78. The van der Waals surface area contributed by atoms with Crippen LogP contribution in [0.5, 0.6) is 0 Å². The first-order valence-electron chi connectivity index (χ1n) is 7.58. The molecule has 0 saturated heterocycles. The van der Waals surface area contributed by atoms with Gasteiger partial charge in [0.1, 0.15) is 11.2 Å². The lowest BCUT2D eigenvalue weighted by Crippen LogP contribution is -2.28. The first-order valence-corrected chi connectivity index (χ1v) is 8.37. The van der Waals surface area contributed by atoms with Crippen molar-refractivity contribution >= 4 is 33.8 Å². The van der Waals surface area contributed by atoms with Crippen molar-refractivity contribution in [3.8, 4) is 5.82 Å². The van der Waals surface area contributed by atoms with Gasteiger partial charge in [0.05, 0.1) is 12.8 Å². The van der Waals surface area contributed by atoms with Crippen molar-refractivity contribution in [2.24, 2.45) is 0 Å². The standard InChI is InChI=1S/C16H19BrN4O4/c1-5-24-14(22)11-9-19-21(12-7-6-10(17)8-18-12)13(11)20-15(23)25-16(2,3)4/h6-9H,5H2,1-4H3,(H,20,23). The first kappa shape index (κ1) is 18.9. The maximum atomic E-state index is 12.1. The zero-order valence-electron chi connectivity index (χ0n) is 14.4. The Morgan fingerprint density at radius 3 is 2.56 bits per heavy atom. The molecule has 2 aromatic heterocycles. The van der Waals surface area contributed by atoms with Crippen LogP contribution in [0.2, 0.25) is 0 Å². The molecule has 1 amide bonds. The van der Waals surface area contributed by atoms with E-state index in [1.165, 1.54) is 10.9 Å². The van der Waals surface area contributed by atoms with E-state index in [9.17, 15) is 9.59 Å². The second-order valence-corrected chi connectivity index (χ2v) is 6.92. The van der Waals surface area contributed by atoms with E-state index in [1.54, 1.807) is 46.0 Å². The van der Waals surface area contributed by atoms with Crippen LogP contribution in [-0.2, 0) is 9.47 Å². The van der Waals surface area contributed by atoms with Gasteiger partial charge in [-0.25, -0.2) is 14.6 Å². The van der Waals surface area contributed by atoms with E-state index in [-0.39, 0.29) is 18.0 Å². The fourth-order valence-electron chi connectivity index (χ4n) is 1.89. The number of nitrogens with one attached hydrogen (secondary N) is 1. The Morgan fingerprint density at radius 1 is 1.28 bits per heavy atom. The van der Waals surface area contributed by atoms with Crippen molar-refractivity contribution in [3.05, 3.63) is 34.6 Å². The summed E-state index contributed by atoms with van der Waals surface area (Å²) >= 11 is 3.30. The number of carbonyl (C=O) groups is 2. The summed E-state index contributed by atoms with van der Waals surface area (Å²) in [6.07, 6.45) is 2.18. The summed E-state index contributed by atoms with van der Waals surface area (Å²) in [6.45, 7) is 7.12. The lowest BCUT2D eigenvalue weighted by Gasteiger charge is -2.20. The van der Waals surface area contributed by atoms with Crippen LogP contribution in [0, 0.1) is 0 Å². The van der Waals surface area contributed by atoms with Gasteiger partial charge in [-0.05, 0) is 55.8 Å². The molecule has 0 aliphatic rings. The van der Waals surface area contributed by atoms with E-state index in [2.05, 4.69) is 31.3 Å². The van der Waals surface area contributed by atoms with Crippen LogP contribution in [-0.4, -0.2) is 39.0 Å². The highest BCUT2D eigenvalue weighted by Crippen LogP contribution is 2.22. The Morgan fingerprint density at radius 2 is 2.00 bits per heavy atom. The number of hydrogen-bond donors (Lipinski definition) is 1. The van der Waals surface area contributed by atoms with Gasteiger partial charge >= 0.3 is 12.1 Å². The fraction of sp³-hybridized carbons (Fsp3) is 0.375. The third-order valence-electron chi connectivity index (χ3n) is 2.81. The fourth-order valence-corrected chi connectivity index (χ4v) is 2.13. The minimum Gasteiger partial charge on any atom is -0.462 e. The van der Waals surface area contributed by atoms with Crippen LogP contribution in [0.1, 0.15) is 38.1 Å². The van der Waals surface area contributed by atoms with Gasteiger partial charge < -0.3 is 9.47 Å². The Labute approximate surface area is 153 Å². The second kappa shape index (κ2) is 7.64. The van der Waals surface area contributed by atoms with E-state index in [1.807, 2.05) is 0 Å². The molecule has 2 rings (SSSR count). The number of rotatable bonds is 4. The molecule has 2 heterocycles. The molecule has 0 unspecified atom stereocenters. The summed E-state index contributed by atoms with van der Waals surface area (Å²) in [4.78, 5) is 28.5. The van der Waals surface area contributed by atoms with Crippen LogP contribution >= 0.6 is 15.9 Å². The van der Waals surface area contributed by atoms with Crippen LogP contribution < -0.4 is 5.32 Å². The zero-order chi connectivity index (χ0) is 18.6. The van der Waals surface area contributed by atoms with Crippen molar-refractivity contribution in [2.75, 3.05) is 11.9 Å². The number of esters is 1. The van der Waals surface area contributed by atoms with Gasteiger partial charge in [0.2, 0.25) is 0 Å². The highest BCUT2D eigenvalue weighted by atomic mass is 79.9. The number of pyridine rings is 1. The molecule has 0 saturated carbocycles. The summed E-state index contributed by atoms with van der Waals surface area (Å²) in [5.74, 6) is -0.0516. The van der Waals surface area contributed by atoms with Crippen molar-refractivity contribution in [1.29, 1.82) is 0 Å². The Bertz CT molecular complexity index is 765. The normalized spacial score (nSPS) is 11.1. The number of nitrogens with zero attached hydrogens (tertiary/aromatic N) is 3. The predicted molar refractivity (Wildman–Crippen MR) is 94.9 cm³/mol. The molecule has 0 aliphatic carbocycles. The van der Waals surface area contributed by atoms with E-state index in [0.29, 0.717) is 5.82 Å². The third-order valence-corrected chi connectivity index (χ3v) is 3.28. The molecule has 2 aromatic rings. The number of hydrogen-bond acceptors (Lipinski definition) is 6. The largest absolute Gasteiger partial charge is 0.462 e. The van der Waals surface area contributed by atoms with Gasteiger partial charge in [-0.3, -0.25) is 5.32 Å².